The predicted molar refractivity (Wildman–Crippen MR) is 90.8 cm³/mol. The number of aliphatic imine (C=N–C) groups is 1. The van der Waals surface area contributed by atoms with Crippen LogP contribution in [0.15, 0.2) is 4.99 Å². The van der Waals surface area contributed by atoms with Crippen LogP contribution < -0.4 is 10.6 Å². The highest BCUT2D eigenvalue weighted by Crippen LogP contribution is 2.40. The molecule has 0 aromatic heterocycles. The number of ether oxygens (including phenoxy) is 1. The van der Waals surface area contributed by atoms with Gasteiger partial charge in [-0.05, 0) is 43.9 Å². The third-order valence-electron chi connectivity index (χ3n) is 4.51. The number of hydrogen-bond acceptors (Lipinski definition) is 2. The molecule has 0 spiro atoms. The molecule has 0 heterocycles. The van der Waals surface area contributed by atoms with Crippen molar-refractivity contribution in [3.05, 3.63) is 0 Å². The molecule has 0 atom stereocenters. The van der Waals surface area contributed by atoms with Crippen LogP contribution in [0.3, 0.4) is 0 Å². The van der Waals surface area contributed by atoms with Crippen LogP contribution in [0.2, 0.25) is 0 Å². The van der Waals surface area contributed by atoms with E-state index in [4.69, 9.17) is 4.74 Å². The fraction of sp³-hybridized carbons (Fsp3) is 0.941. The predicted octanol–water partition coefficient (Wildman–Crippen LogP) is 3.18. The van der Waals surface area contributed by atoms with Crippen molar-refractivity contribution in [1.29, 1.82) is 0 Å². The van der Waals surface area contributed by atoms with E-state index in [9.17, 15) is 0 Å². The van der Waals surface area contributed by atoms with E-state index < -0.39 is 0 Å². The maximum Gasteiger partial charge on any atom is 0.190 e. The summed E-state index contributed by atoms with van der Waals surface area (Å²) in [5.74, 6) is 1.67. The standard InChI is InChI=1S/C17H35N3O/c1-5-21-13-11-17(9-6-7-10-17)14-20-16(18-4)19-12-8-15(2)3/h15H,5-14H2,1-4H3,(H2,18,19,20). The number of hydrogen-bond donors (Lipinski definition) is 2. The summed E-state index contributed by atoms with van der Waals surface area (Å²) in [5, 5.41) is 6.95. The Morgan fingerprint density at radius 3 is 2.52 bits per heavy atom. The van der Waals surface area contributed by atoms with E-state index in [1.807, 2.05) is 7.05 Å². The summed E-state index contributed by atoms with van der Waals surface area (Å²) in [7, 11) is 1.85. The SMILES string of the molecule is CCOCCC1(CNC(=NC)NCCC(C)C)CCCC1. The molecular formula is C17H35N3O. The Bertz CT molecular complexity index is 296. The molecule has 1 fully saturated rings. The largest absolute Gasteiger partial charge is 0.382 e. The van der Waals surface area contributed by atoms with Crippen molar-refractivity contribution < 1.29 is 4.74 Å². The Kier molecular flexibility index (Phi) is 8.74. The van der Waals surface area contributed by atoms with Gasteiger partial charge in [-0.1, -0.05) is 26.7 Å². The lowest BCUT2D eigenvalue weighted by Crippen LogP contribution is -2.43. The van der Waals surface area contributed by atoms with Crippen LogP contribution in [-0.4, -0.2) is 39.3 Å². The van der Waals surface area contributed by atoms with Crippen molar-refractivity contribution in [3.63, 3.8) is 0 Å². The highest BCUT2D eigenvalue weighted by atomic mass is 16.5. The van der Waals surface area contributed by atoms with Gasteiger partial charge in [-0.15, -0.1) is 0 Å². The van der Waals surface area contributed by atoms with Crippen LogP contribution in [0, 0.1) is 11.3 Å². The third kappa shape index (κ3) is 7.16. The first kappa shape index (κ1) is 18.3. The molecule has 0 radical (unpaired) electrons. The molecule has 0 aromatic carbocycles. The Balaban J connectivity index is 2.36. The first-order valence-electron chi connectivity index (χ1n) is 8.64. The fourth-order valence-electron chi connectivity index (χ4n) is 3.04. The second-order valence-electron chi connectivity index (χ2n) is 6.69. The fourth-order valence-corrected chi connectivity index (χ4v) is 3.04. The minimum absolute atomic E-state index is 0.408. The molecule has 4 heteroatoms. The molecule has 0 bridgehead atoms. The molecule has 0 aromatic rings. The normalized spacial score (nSPS) is 18.2. The summed E-state index contributed by atoms with van der Waals surface area (Å²) in [4.78, 5) is 4.34. The average Bonchev–Trinajstić information content (AvgIpc) is 2.92. The van der Waals surface area contributed by atoms with E-state index in [1.165, 1.54) is 32.1 Å². The van der Waals surface area contributed by atoms with Gasteiger partial charge in [0.25, 0.3) is 0 Å². The first-order chi connectivity index (χ1) is 10.1. The van der Waals surface area contributed by atoms with Crippen LogP contribution in [0.5, 0.6) is 0 Å². The van der Waals surface area contributed by atoms with Gasteiger partial charge < -0.3 is 15.4 Å². The zero-order valence-electron chi connectivity index (χ0n) is 14.5. The summed E-state index contributed by atoms with van der Waals surface area (Å²) >= 11 is 0. The topological polar surface area (TPSA) is 45.6 Å². The summed E-state index contributed by atoms with van der Waals surface area (Å²) in [6.07, 6.45) is 7.68. The minimum atomic E-state index is 0.408. The van der Waals surface area contributed by atoms with Crippen LogP contribution in [-0.2, 0) is 4.74 Å². The second-order valence-corrected chi connectivity index (χ2v) is 6.69. The maximum atomic E-state index is 5.57. The van der Waals surface area contributed by atoms with Gasteiger partial charge in [0, 0.05) is 33.4 Å². The van der Waals surface area contributed by atoms with Crippen molar-refractivity contribution in [2.24, 2.45) is 16.3 Å². The smallest absolute Gasteiger partial charge is 0.190 e. The van der Waals surface area contributed by atoms with Gasteiger partial charge in [0.1, 0.15) is 0 Å². The quantitative estimate of drug-likeness (QED) is 0.390. The zero-order chi connectivity index (χ0) is 15.6. The third-order valence-corrected chi connectivity index (χ3v) is 4.51. The molecule has 124 valence electrons. The molecule has 0 aliphatic heterocycles. The lowest BCUT2D eigenvalue weighted by molar-refractivity contribution is 0.105. The van der Waals surface area contributed by atoms with Crippen LogP contribution in [0.25, 0.3) is 0 Å². The molecule has 21 heavy (non-hydrogen) atoms. The summed E-state index contributed by atoms with van der Waals surface area (Å²) in [6.45, 7) is 10.3. The van der Waals surface area contributed by atoms with E-state index in [0.717, 1.165) is 44.6 Å². The average molecular weight is 297 g/mol. The summed E-state index contributed by atoms with van der Waals surface area (Å²) in [6, 6.07) is 0. The highest BCUT2D eigenvalue weighted by Gasteiger charge is 2.33. The first-order valence-corrected chi connectivity index (χ1v) is 8.64. The lowest BCUT2D eigenvalue weighted by atomic mass is 9.83. The van der Waals surface area contributed by atoms with E-state index in [1.54, 1.807) is 0 Å². The molecule has 0 unspecified atom stereocenters. The maximum absolute atomic E-state index is 5.57. The minimum Gasteiger partial charge on any atom is -0.382 e. The Hall–Kier alpha value is -0.770. The molecule has 1 aliphatic carbocycles. The lowest BCUT2D eigenvalue weighted by Gasteiger charge is -2.30. The van der Waals surface area contributed by atoms with E-state index >= 15 is 0 Å². The Labute approximate surface area is 131 Å². The number of rotatable bonds is 9. The number of nitrogens with one attached hydrogen (secondary N) is 2. The monoisotopic (exact) mass is 297 g/mol. The van der Waals surface area contributed by atoms with Gasteiger partial charge in [-0.25, -0.2) is 0 Å². The molecule has 1 rings (SSSR count). The molecule has 2 N–H and O–H groups in total. The van der Waals surface area contributed by atoms with Crippen LogP contribution in [0.1, 0.15) is 59.3 Å². The Morgan fingerprint density at radius 2 is 1.95 bits per heavy atom. The van der Waals surface area contributed by atoms with Gasteiger partial charge in [0.05, 0.1) is 0 Å². The van der Waals surface area contributed by atoms with E-state index in [0.29, 0.717) is 5.41 Å². The van der Waals surface area contributed by atoms with E-state index in [2.05, 4.69) is 36.4 Å². The second kappa shape index (κ2) is 10.0. The van der Waals surface area contributed by atoms with Crippen molar-refractivity contribution in [3.8, 4) is 0 Å². The van der Waals surface area contributed by atoms with Crippen molar-refractivity contribution in [2.45, 2.75) is 59.3 Å². The number of nitrogens with zero attached hydrogens (tertiary/aromatic N) is 1. The molecule has 4 nitrogen and oxygen atoms in total. The highest BCUT2D eigenvalue weighted by molar-refractivity contribution is 5.79. The molecule has 1 aliphatic rings. The van der Waals surface area contributed by atoms with Gasteiger partial charge >= 0.3 is 0 Å². The zero-order valence-corrected chi connectivity index (χ0v) is 14.5. The van der Waals surface area contributed by atoms with Gasteiger partial charge in [0.2, 0.25) is 0 Å². The van der Waals surface area contributed by atoms with Gasteiger partial charge in [-0.3, -0.25) is 4.99 Å². The van der Waals surface area contributed by atoms with Crippen LogP contribution in [0.4, 0.5) is 0 Å². The molecule has 0 amide bonds. The molecule has 0 saturated heterocycles. The van der Waals surface area contributed by atoms with Crippen molar-refractivity contribution in [1.82, 2.24) is 10.6 Å². The summed E-state index contributed by atoms with van der Waals surface area (Å²) < 4.78 is 5.57. The van der Waals surface area contributed by atoms with Crippen molar-refractivity contribution in [2.75, 3.05) is 33.4 Å². The van der Waals surface area contributed by atoms with Crippen molar-refractivity contribution >= 4 is 5.96 Å². The van der Waals surface area contributed by atoms with Gasteiger partial charge in [0.15, 0.2) is 5.96 Å². The van der Waals surface area contributed by atoms with E-state index in [-0.39, 0.29) is 0 Å². The Morgan fingerprint density at radius 1 is 1.24 bits per heavy atom. The van der Waals surface area contributed by atoms with Crippen LogP contribution >= 0.6 is 0 Å². The molecular weight excluding hydrogens is 262 g/mol. The summed E-state index contributed by atoms with van der Waals surface area (Å²) in [5.41, 5.74) is 0.408. The van der Waals surface area contributed by atoms with Gasteiger partial charge in [-0.2, -0.15) is 0 Å². The number of guanidine groups is 1. The molecule has 1 saturated carbocycles.